The summed E-state index contributed by atoms with van der Waals surface area (Å²) in [5, 5.41) is 9.02. The van der Waals surface area contributed by atoms with E-state index in [0.717, 1.165) is 19.3 Å². The molecule has 2 saturated heterocycles. The standard InChI is InChI=1S/C11H22N2O4S/c1-11(2)5-7-13(18(11,16)17)9-4-3-6-12(8-9)10(14)15/h9,16-17H,3-8H2,1-2H3,(H,14,15). The molecule has 0 aliphatic carbocycles. The first-order valence-electron chi connectivity index (χ1n) is 6.28. The average molecular weight is 278 g/mol. The zero-order valence-corrected chi connectivity index (χ0v) is 11.7. The Labute approximate surface area is 109 Å². The second kappa shape index (κ2) is 4.56. The molecule has 0 aromatic rings. The van der Waals surface area contributed by atoms with Gasteiger partial charge in [0.2, 0.25) is 0 Å². The van der Waals surface area contributed by atoms with E-state index in [9.17, 15) is 13.9 Å². The number of nitrogens with zero attached hydrogens (tertiary/aromatic N) is 2. The highest BCUT2D eigenvalue weighted by Crippen LogP contribution is 2.62. The van der Waals surface area contributed by atoms with Crippen molar-refractivity contribution in [1.29, 1.82) is 0 Å². The number of likely N-dealkylation sites (tertiary alicyclic amines) is 1. The molecule has 0 aromatic carbocycles. The molecule has 2 fully saturated rings. The highest BCUT2D eigenvalue weighted by atomic mass is 32.3. The van der Waals surface area contributed by atoms with Crippen molar-refractivity contribution in [1.82, 2.24) is 9.21 Å². The van der Waals surface area contributed by atoms with Crippen LogP contribution >= 0.6 is 10.8 Å². The highest BCUT2D eigenvalue weighted by molar-refractivity contribution is 8.23. The van der Waals surface area contributed by atoms with Gasteiger partial charge in [-0.2, -0.15) is 0 Å². The lowest BCUT2D eigenvalue weighted by molar-refractivity contribution is 0.111. The Balaban J connectivity index is 2.11. The third-order valence-electron chi connectivity index (χ3n) is 4.08. The third kappa shape index (κ3) is 2.20. The number of hydrogen-bond acceptors (Lipinski definition) is 4. The second-order valence-electron chi connectivity index (χ2n) is 5.69. The molecule has 106 valence electrons. The van der Waals surface area contributed by atoms with Crippen LogP contribution in [0.15, 0.2) is 0 Å². The van der Waals surface area contributed by atoms with Crippen LogP contribution in [0.2, 0.25) is 0 Å². The van der Waals surface area contributed by atoms with Gasteiger partial charge in [0.05, 0.1) is 4.75 Å². The Morgan fingerprint density at radius 3 is 2.50 bits per heavy atom. The predicted molar refractivity (Wildman–Crippen MR) is 70.9 cm³/mol. The van der Waals surface area contributed by atoms with Crippen LogP contribution in [-0.4, -0.2) is 59.9 Å². The van der Waals surface area contributed by atoms with E-state index in [2.05, 4.69) is 0 Å². The molecule has 1 amide bonds. The van der Waals surface area contributed by atoms with Crippen molar-refractivity contribution in [2.75, 3.05) is 19.6 Å². The minimum atomic E-state index is -2.80. The van der Waals surface area contributed by atoms with Gasteiger partial charge >= 0.3 is 6.09 Å². The number of hydrogen-bond donors (Lipinski definition) is 3. The lowest BCUT2D eigenvalue weighted by Crippen LogP contribution is -2.49. The molecule has 1 atom stereocenters. The molecule has 0 radical (unpaired) electrons. The van der Waals surface area contributed by atoms with Gasteiger partial charge in [-0.25, -0.2) is 9.10 Å². The largest absolute Gasteiger partial charge is 0.465 e. The number of carbonyl (C=O) groups is 1. The molecule has 3 N–H and O–H groups in total. The lowest BCUT2D eigenvalue weighted by Gasteiger charge is -2.50. The minimum absolute atomic E-state index is 0.0679. The average Bonchev–Trinajstić information content (AvgIpc) is 2.49. The number of carboxylic acid groups (broad SMARTS) is 1. The summed E-state index contributed by atoms with van der Waals surface area (Å²) in [6, 6.07) is -0.0679. The molecular formula is C11H22N2O4S. The summed E-state index contributed by atoms with van der Waals surface area (Å²) in [4.78, 5) is 12.4. The Bertz CT molecular complexity index is 348. The van der Waals surface area contributed by atoms with Crippen molar-refractivity contribution in [2.24, 2.45) is 0 Å². The van der Waals surface area contributed by atoms with Crippen LogP contribution in [0.3, 0.4) is 0 Å². The molecule has 1 unspecified atom stereocenters. The van der Waals surface area contributed by atoms with Crippen molar-refractivity contribution >= 4 is 16.9 Å². The van der Waals surface area contributed by atoms with Gasteiger partial charge < -0.3 is 10.0 Å². The van der Waals surface area contributed by atoms with Gasteiger partial charge in [-0.3, -0.25) is 9.11 Å². The first-order chi connectivity index (χ1) is 8.25. The van der Waals surface area contributed by atoms with Gasteiger partial charge in [-0.05, 0) is 33.1 Å². The van der Waals surface area contributed by atoms with E-state index in [1.165, 1.54) is 4.90 Å². The Morgan fingerprint density at radius 2 is 2.00 bits per heavy atom. The molecule has 0 aromatic heterocycles. The zero-order valence-electron chi connectivity index (χ0n) is 10.9. The Kier molecular flexibility index (Phi) is 3.52. The fourth-order valence-corrected chi connectivity index (χ4v) is 4.65. The van der Waals surface area contributed by atoms with Crippen molar-refractivity contribution < 1.29 is 19.0 Å². The van der Waals surface area contributed by atoms with Gasteiger partial charge in [0.1, 0.15) is 0 Å². The third-order valence-corrected chi connectivity index (χ3v) is 6.90. The van der Waals surface area contributed by atoms with Crippen molar-refractivity contribution in [3.63, 3.8) is 0 Å². The molecule has 2 aliphatic heterocycles. The van der Waals surface area contributed by atoms with E-state index in [0.29, 0.717) is 19.6 Å². The van der Waals surface area contributed by atoms with Crippen LogP contribution in [0.5, 0.6) is 0 Å². The second-order valence-corrected chi connectivity index (χ2v) is 8.31. The van der Waals surface area contributed by atoms with Gasteiger partial charge in [0, 0.05) is 25.7 Å². The summed E-state index contributed by atoms with van der Waals surface area (Å²) >= 11 is 0. The monoisotopic (exact) mass is 278 g/mol. The summed E-state index contributed by atoms with van der Waals surface area (Å²) in [6.45, 7) is 5.28. The SMILES string of the molecule is CC1(C)CCN(C2CCCN(C(=O)O)C2)S1(O)O. The normalized spacial score (nSPS) is 33.3. The minimum Gasteiger partial charge on any atom is -0.465 e. The highest BCUT2D eigenvalue weighted by Gasteiger charge is 2.48. The number of piperidine rings is 1. The maximum Gasteiger partial charge on any atom is 0.407 e. The molecule has 0 bridgehead atoms. The summed E-state index contributed by atoms with van der Waals surface area (Å²) in [6.07, 6.45) is 1.42. The zero-order chi connectivity index (χ0) is 13.6. The molecule has 7 heteroatoms. The van der Waals surface area contributed by atoms with Crippen molar-refractivity contribution in [3.05, 3.63) is 0 Å². The van der Waals surface area contributed by atoms with Crippen LogP contribution in [0.25, 0.3) is 0 Å². The van der Waals surface area contributed by atoms with Gasteiger partial charge in [-0.1, -0.05) is 0 Å². The molecule has 2 heterocycles. The smallest absolute Gasteiger partial charge is 0.407 e. The number of amides is 1. The topological polar surface area (TPSA) is 84.2 Å². The molecule has 18 heavy (non-hydrogen) atoms. The Hall–Kier alpha value is -0.500. The van der Waals surface area contributed by atoms with E-state index < -0.39 is 21.6 Å². The van der Waals surface area contributed by atoms with E-state index in [1.54, 1.807) is 4.31 Å². The molecule has 6 nitrogen and oxygen atoms in total. The lowest BCUT2D eigenvalue weighted by atomic mass is 10.1. The van der Waals surface area contributed by atoms with Crippen molar-refractivity contribution in [2.45, 2.75) is 43.9 Å². The van der Waals surface area contributed by atoms with Crippen LogP contribution in [0.1, 0.15) is 33.1 Å². The van der Waals surface area contributed by atoms with E-state index in [-0.39, 0.29) is 6.04 Å². The summed E-state index contributed by atoms with van der Waals surface area (Å²) in [5.74, 6) is 0. The fourth-order valence-electron chi connectivity index (χ4n) is 2.72. The van der Waals surface area contributed by atoms with E-state index in [4.69, 9.17) is 5.11 Å². The molecule has 2 aliphatic rings. The first kappa shape index (κ1) is 13.9. The summed E-state index contributed by atoms with van der Waals surface area (Å²) < 4.78 is 22.0. The van der Waals surface area contributed by atoms with Crippen LogP contribution in [0.4, 0.5) is 4.79 Å². The quantitative estimate of drug-likeness (QED) is 0.685. The van der Waals surface area contributed by atoms with E-state index in [1.807, 2.05) is 13.8 Å². The molecule has 2 rings (SSSR count). The fraction of sp³-hybridized carbons (Fsp3) is 0.909. The summed E-state index contributed by atoms with van der Waals surface area (Å²) in [5.41, 5.74) is 0. The van der Waals surface area contributed by atoms with Gasteiger partial charge in [0.15, 0.2) is 0 Å². The van der Waals surface area contributed by atoms with Crippen LogP contribution < -0.4 is 0 Å². The maximum atomic E-state index is 11.0. The maximum absolute atomic E-state index is 11.0. The first-order valence-corrected chi connectivity index (χ1v) is 7.78. The van der Waals surface area contributed by atoms with Crippen molar-refractivity contribution in [3.8, 4) is 0 Å². The molecular weight excluding hydrogens is 256 g/mol. The predicted octanol–water partition coefficient (Wildman–Crippen LogP) is 2.28. The molecule has 0 saturated carbocycles. The Morgan fingerprint density at radius 1 is 1.33 bits per heavy atom. The van der Waals surface area contributed by atoms with E-state index >= 15 is 0 Å². The van der Waals surface area contributed by atoms with Gasteiger partial charge in [0.25, 0.3) is 0 Å². The molecule has 0 spiro atoms. The number of rotatable bonds is 1. The van der Waals surface area contributed by atoms with Crippen LogP contribution in [0, 0.1) is 0 Å². The van der Waals surface area contributed by atoms with Crippen LogP contribution in [-0.2, 0) is 0 Å². The summed E-state index contributed by atoms with van der Waals surface area (Å²) in [7, 11) is -2.80. The van der Waals surface area contributed by atoms with Gasteiger partial charge in [-0.15, -0.1) is 10.8 Å².